The van der Waals surface area contributed by atoms with Crippen LogP contribution in [0.15, 0.2) is 102 Å². The van der Waals surface area contributed by atoms with Crippen LogP contribution in [0.3, 0.4) is 0 Å². The maximum absolute atomic E-state index is 14.6. The monoisotopic (exact) mass is 711 g/mol. The number of benzene rings is 4. The summed E-state index contributed by atoms with van der Waals surface area (Å²) >= 11 is 19.2. The first kappa shape index (κ1) is 34.8. The predicted molar refractivity (Wildman–Crippen MR) is 189 cm³/mol. The smallest absolute Gasteiger partial charge is 0.264 e. The molecular weight excluding hydrogens is 677 g/mol. The van der Waals surface area contributed by atoms with Crippen LogP contribution >= 0.6 is 34.8 Å². The molecule has 1 aliphatic carbocycles. The largest absolute Gasteiger partial charge is 0.352 e. The number of hydrogen-bond acceptors (Lipinski definition) is 4. The van der Waals surface area contributed by atoms with E-state index in [2.05, 4.69) is 5.32 Å². The Labute approximate surface area is 291 Å². The van der Waals surface area contributed by atoms with Crippen molar-refractivity contribution in [3.63, 3.8) is 0 Å². The first-order valence-corrected chi connectivity index (χ1v) is 18.0. The summed E-state index contributed by atoms with van der Waals surface area (Å²) in [7, 11) is -4.30. The summed E-state index contributed by atoms with van der Waals surface area (Å²) in [6, 6.07) is 26.3. The van der Waals surface area contributed by atoms with E-state index in [-0.39, 0.29) is 45.5 Å². The maximum Gasteiger partial charge on any atom is 0.264 e. The lowest BCUT2D eigenvalue weighted by molar-refractivity contribution is -0.140. The molecule has 1 fully saturated rings. The van der Waals surface area contributed by atoms with Crippen molar-refractivity contribution in [2.75, 3.05) is 10.8 Å². The van der Waals surface area contributed by atoms with E-state index < -0.39 is 28.5 Å². The zero-order chi connectivity index (χ0) is 33.6. The number of aryl methyl sites for hydroxylation is 1. The van der Waals surface area contributed by atoms with Gasteiger partial charge in [0.15, 0.2) is 0 Å². The molecule has 47 heavy (non-hydrogen) atoms. The van der Waals surface area contributed by atoms with Gasteiger partial charge in [0, 0.05) is 34.1 Å². The molecule has 0 heterocycles. The summed E-state index contributed by atoms with van der Waals surface area (Å²) < 4.78 is 29.5. The van der Waals surface area contributed by atoms with Gasteiger partial charge in [-0.1, -0.05) is 114 Å². The van der Waals surface area contributed by atoms with Crippen molar-refractivity contribution in [2.45, 2.75) is 62.6 Å². The number of halogens is 3. The van der Waals surface area contributed by atoms with Crippen LogP contribution in [0.1, 0.15) is 42.4 Å². The Bertz CT molecular complexity index is 1790. The molecule has 0 radical (unpaired) electrons. The number of hydrogen-bond donors (Lipinski definition) is 1. The SMILES string of the molecule is Cc1ccc(S(=O)(=O)N(CC(=O)N(Cc2ccccc2Cl)C(Cc2ccccc2)C(=O)NC2CCCC2)c2cc(Cl)cc(Cl)c2)cc1. The van der Waals surface area contributed by atoms with E-state index >= 15 is 0 Å². The minimum Gasteiger partial charge on any atom is -0.352 e. The number of sulfonamides is 1. The fourth-order valence-corrected chi connectivity index (χ4v) is 7.89. The molecule has 0 spiro atoms. The Kier molecular flexibility index (Phi) is 11.5. The van der Waals surface area contributed by atoms with E-state index in [0.717, 1.165) is 41.1 Å². The van der Waals surface area contributed by atoms with Gasteiger partial charge in [-0.05, 0) is 67.3 Å². The van der Waals surface area contributed by atoms with Gasteiger partial charge in [0.2, 0.25) is 11.8 Å². The molecule has 246 valence electrons. The quantitative estimate of drug-likeness (QED) is 0.162. The number of anilines is 1. The van der Waals surface area contributed by atoms with Gasteiger partial charge >= 0.3 is 0 Å². The molecule has 1 N–H and O–H groups in total. The zero-order valence-electron chi connectivity index (χ0n) is 25.9. The lowest BCUT2D eigenvalue weighted by Gasteiger charge is -2.34. The number of nitrogens with one attached hydrogen (secondary N) is 1. The fraction of sp³-hybridized carbons (Fsp3) is 0.278. The fourth-order valence-electron chi connectivity index (χ4n) is 5.78. The highest BCUT2D eigenvalue weighted by Crippen LogP contribution is 2.31. The molecule has 0 saturated heterocycles. The Balaban J connectivity index is 1.59. The van der Waals surface area contributed by atoms with Gasteiger partial charge in [-0.15, -0.1) is 0 Å². The van der Waals surface area contributed by atoms with E-state index in [1.165, 1.54) is 35.2 Å². The number of amides is 2. The number of rotatable bonds is 12. The van der Waals surface area contributed by atoms with Gasteiger partial charge in [-0.25, -0.2) is 8.42 Å². The summed E-state index contributed by atoms with van der Waals surface area (Å²) in [4.78, 5) is 30.2. The minimum atomic E-state index is -4.30. The molecule has 7 nitrogen and oxygen atoms in total. The van der Waals surface area contributed by atoms with Crippen LogP contribution in [0, 0.1) is 6.92 Å². The number of carbonyl (C=O) groups excluding carboxylic acids is 2. The van der Waals surface area contributed by atoms with Crippen LogP contribution in [0.2, 0.25) is 15.1 Å². The molecule has 0 aliphatic heterocycles. The Morgan fingerprint density at radius 2 is 1.47 bits per heavy atom. The van der Waals surface area contributed by atoms with Crippen LogP contribution < -0.4 is 9.62 Å². The van der Waals surface area contributed by atoms with E-state index in [9.17, 15) is 18.0 Å². The highest BCUT2D eigenvalue weighted by Gasteiger charge is 2.36. The normalized spacial score (nSPS) is 14.0. The summed E-state index contributed by atoms with van der Waals surface area (Å²) in [6.45, 7) is 1.20. The summed E-state index contributed by atoms with van der Waals surface area (Å²) in [5.41, 5.74) is 2.46. The molecule has 1 saturated carbocycles. The average molecular weight is 713 g/mol. The van der Waals surface area contributed by atoms with Crippen molar-refractivity contribution >= 4 is 62.3 Å². The van der Waals surface area contributed by atoms with Crippen LogP contribution in [-0.4, -0.2) is 43.8 Å². The third-order valence-corrected chi connectivity index (χ3v) is 10.9. The van der Waals surface area contributed by atoms with Gasteiger partial charge < -0.3 is 10.2 Å². The average Bonchev–Trinajstić information content (AvgIpc) is 3.55. The third-order valence-electron chi connectivity index (χ3n) is 8.29. The molecule has 1 unspecified atom stereocenters. The Morgan fingerprint density at radius 3 is 2.11 bits per heavy atom. The van der Waals surface area contributed by atoms with Crippen LogP contribution in [0.5, 0.6) is 0 Å². The van der Waals surface area contributed by atoms with Crippen LogP contribution in [0.4, 0.5) is 5.69 Å². The molecule has 2 amide bonds. The molecule has 0 aromatic heterocycles. The van der Waals surface area contributed by atoms with Gasteiger partial charge in [0.05, 0.1) is 10.6 Å². The zero-order valence-corrected chi connectivity index (χ0v) is 29.0. The second-order valence-corrected chi connectivity index (χ2v) is 14.9. The molecule has 5 rings (SSSR count). The lowest BCUT2D eigenvalue weighted by Crippen LogP contribution is -2.54. The number of nitrogens with zero attached hydrogens (tertiary/aromatic N) is 2. The van der Waals surface area contributed by atoms with Gasteiger partial charge in [0.25, 0.3) is 10.0 Å². The first-order chi connectivity index (χ1) is 22.5. The minimum absolute atomic E-state index is 0.00468. The summed E-state index contributed by atoms with van der Waals surface area (Å²) in [5.74, 6) is -0.904. The van der Waals surface area contributed by atoms with E-state index in [0.29, 0.717) is 10.6 Å². The maximum atomic E-state index is 14.6. The molecule has 1 aliphatic rings. The summed E-state index contributed by atoms with van der Waals surface area (Å²) in [6.07, 6.45) is 3.97. The van der Waals surface area contributed by atoms with Crippen molar-refractivity contribution in [1.82, 2.24) is 10.2 Å². The molecule has 0 bridgehead atoms. The van der Waals surface area contributed by atoms with Crippen molar-refractivity contribution in [2.24, 2.45) is 0 Å². The lowest BCUT2D eigenvalue weighted by atomic mass is 10.0. The third kappa shape index (κ3) is 8.87. The first-order valence-electron chi connectivity index (χ1n) is 15.4. The van der Waals surface area contributed by atoms with Crippen LogP contribution in [-0.2, 0) is 32.6 Å². The Hall–Kier alpha value is -3.56. The van der Waals surface area contributed by atoms with Crippen LogP contribution in [0.25, 0.3) is 0 Å². The molecule has 11 heteroatoms. The summed E-state index contributed by atoms with van der Waals surface area (Å²) in [5, 5.41) is 3.99. The van der Waals surface area contributed by atoms with E-state index in [1.54, 1.807) is 36.4 Å². The topological polar surface area (TPSA) is 86.8 Å². The second kappa shape index (κ2) is 15.6. The highest BCUT2D eigenvalue weighted by molar-refractivity contribution is 7.92. The Morgan fingerprint density at radius 1 is 0.851 bits per heavy atom. The predicted octanol–water partition coefficient (Wildman–Crippen LogP) is 7.85. The van der Waals surface area contributed by atoms with Crippen molar-refractivity contribution < 1.29 is 18.0 Å². The van der Waals surface area contributed by atoms with Gasteiger partial charge in [-0.2, -0.15) is 0 Å². The second-order valence-electron chi connectivity index (χ2n) is 11.8. The van der Waals surface area contributed by atoms with Crippen molar-refractivity contribution in [3.8, 4) is 0 Å². The van der Waals surface area contributed by atoms with E-state index in [4.69, 9.17) is 34.8 Å². The van der Waals surface area contributed by atoms with Gasteiger partial charge in [-0.3, -0.25) is 13.9 Å². The number of carbonyl (C=O) groups is 2. The standard InChI is InChI=1S/C36H36Cl3N3O4S/c1-25-15-17-32(18-16-25)47(45,46)42(31-21-28(37)20-29(38)22-31)24-35(43)41(23-27-11-5-8-14-33(27)39)34(19-26-9-3-2-4-10-26)36(44)40-30-12-6-7-13-30/h2-5,8-11,14-18,20-22,30,34H,6-7,12-13,19,23-24H2,1H3,(H,40,44). The van der Waals surface area contributed by atoms with Crippen molar-refractivity contribution in [1.29, 1.82) is 0 Å². The van der Waals surface area contributed by atoms with Crippen molar-refractivity contribution in [3.05, 3.63) is 129 Å². The molecule has 4 aromatic rings. The molecule has 4 aromatic carbocycles. The van der Waals surface area contributed by atoms with E-state index in [1.807, 2.05) is 37.3 Å². The van der Waals surface area contributed by atoms with Gasteiger partial charge in [0.1, 0.15) is 12.6 Å². The molecular formula is C36H36Cl3N3O4S. The highest BCUT2D eigenvalue weighted by atomic mass is 35.5. The molecule has 1 atom stereocenters.